The zero-order valence-corrected chi connectivity index (χ0v) is 26.2. The van der Waals surface area contributed by atoms with Crippen LogP contribution < -0.4 is 0 Å². The number of hydrogen-bond acceptors (Lipinski definition) is 8. The molecule has 2 bridgehead atoms. The average Bonchev–Trinajstić information content (AvgIpc) is 3.28. The van der Waals surface area contributed by atoms with Gasteiger partial charge in [-0.25, -0.2) is 0 Å². The molecule has 4 heterocycles. The molecule has 0 aromatic rings. The maximum atomic E-state index is 14.1. The highest BCUT2D eigenvalue weighted by Gasteiger charge is 2.60. The van der Waals surface area contributed by atoms with Gasteiger partial charge in [-0.05, 0) is 55.2 Å². The first-order valence-corrected chi connectivity index (χ1v) is 15.7. The fraction of sp³-hybridized carbons (Fsp3) is 0.735. The zero-order valence-electron chi connectivity index (χ0n) is 26.2. The van der Waals surface area contributed by atoms with Gasteiger partial charge in [0.05, 0.1) is 24.9 Å². The maximum absolute atomic E-state index is 14.1. The van der Waals surface area contributed by atoms with Crippen LogP contribution in [0.1, 0.15) is 73.6 Å². The minimum atomic E-state index is -1.63. The van der Waals surface area contributed by atoms with Crippen molar-refractivity contribution in [2.75, 3.05) is 13.7 Å². The summed E-state index contributed by atoms with van der Waals surface area (Å²) in [6.07, 6.45) is 9.99. The van der Waals surface area contributed by atoms with Gasteiger partial charge in [-0.3, -0.25) is 4.79 Å². The van der Waals surface area contributed by atoms with Gasteiger partial charge >= 0.3 is 5.97 Å². The minimum Gasteiger partial charge on any atom is -0.462 e. The molecule has 5 rings (SSSR count). The number of esters is 1. The highest BCUT2D eigenvalue weighted by atomic mass is 16.7. The molecule has 0 amide bonds. The topological polar surface area (TPSA) is 104 Å². The van der Waals surface area contributed by atoms with Crippen LogP contribution in [0.2, 0.25) is 0 Å². The van der Waals surface area contributed by atoms with Gasteiger partial charge in [0.15, 0.2) is 5.79 Å². The highest BCUT2D eigenvalue weighted by Crippen LogP contribution is 2.48. The number of aliphatic hydroxyl groups excluding tert-OH is 1. The SMILES string of the molecule is COC1C(C)=CC2C(=O)OC3CC(C/C=C(/C)[C@H](O)C(C)/C=C\C=C4\COC1C42O)OC1(CCC(C)C(C(C)C)O1)C3. The van der Waals surface area contributed by atoms with Gasteiger partial charge in [-0.15, -0.1) is 0 Å². The Morgan fingerprint density at radius 3 is 2.60 bits per heavy atom. The van der Waals surface area contributed by atoms with Crippen LogP contribution in [0.3, 0.4) is 0 Å². The van der Waals surface area contributed by atoms with Crippen molar-refractivity contribution in [3.05, 3.63) is 47.1 Å². The van der Waals surface area contributed by atoms with Gasteiger partial charge in [-0.2, -0.15) is 0 Å². The van der Waals surface area contributed by atoms with Gasteiger partial charge in [0.1, 0.15) is 29.8 Å². The molecule has 1 spiro atoms. The van der Waals surface area contributed by atoms with Crippen molar-refractivity contribution in [2.24, 2.45) is 23.7 Å². The molecule has 5 aliphatic rings. The van der Waals surface area contributed by atoms with Crippen LogP contribution in [-0.4, -0.2) is 77.9 Å². The number of ether oxygens (including phenoxy) is 5. The van der Waals surface area contributed by atoms with E-state index < -0.39 is 47.7 Å². The van der Waals surface area contributed by atoms with E-state index in [1.54, 1.807) is 19.3 Å². The second kappa shape index (κ2) is 12.3. The Hall–Kier alpha value is -1.81. The first-order valence-electron chi connectivity index (χ1n) is 15.7. The number of rotatable bonds is 2. The van der Waals surface area contributed by atoms with Crippen molar-refractivity contribution in [1.82, 2.24) is 0 Å². The maximum Gasteiger partial charge on any atom is 0.316 e. The summed E-state index contributed by atoms with van der Waals surface area (Å²) in [5, 5.41) is 23.4. The van der Waals surface area contributed by atoms with Crippen LogP contribution in [0.5, 0.6) is 0 Å². The Kier molecular flexibility index (Phi) is 9.25. The lowest BCUT2D eigenvalue weighted by Gasteiger charge is -2.50. The van der Waals surface area contributed by atoms with Gasteiger partial charge in [0.25, 0.3) is 0 Å². The molecule has 1 aliphatic carbocycles. The van der Waals surface area contributed by atoms with Gasteiger partial charge in [0.2, 0.25) is 0 Å². The van der Waals surface area contributed by atoms with E-state index in [0.717, 1.165) is 24.0 Å². The Morgan fingerprint density at radius 2 is 1.88 bits per heavy atom. The summed E-state index contributed by atoms with van der Waals surface area (Å²) in [5.74, 6) is -1.73. The summed E-state index contributed by atoms with van der Waals surface area (Å²) in [6.45, 7) is 12.5. The molecule has 11 atom stereocenters. The molecule has 2 N–H and O–H groups in total. The van der Waals surface area contributed by atoms with E-state index in [9.17, 15) is 15.0 Å². The molecule has 0 radical (unpaired) electrons. The second-order valence-corrected chi connectivity index (χ2v) is 13.7. The Morgan fingerprint density at radius 1 is 1.12 bits per heavy atom. The van der Waals surface area contributed by atoms with Gasteiger partial charge < -0.3 is 33.9 Å². The van der Waals surface area contributed by atoms with E-state index in [4.69, 9.17) is 23.7 Å². The molecule has 3 saturated heterocycles. The highest BCUT2D eigenvalue weighted by molar-refractivity contribution is 5.78. The number of methoxy groups -OCH3 is 1. The van der Waals surface area contributed by atoms with E-state index >= 15 is 0 Å². The predicted octanol–water partition coefficient (Wildman–Crippen LogP) is 4.80. The summed E-state index contributed by atoms with van der Waals surface area (Å²) in [5.41, 5.74) is 0.644. The van der Waals surface area contributed by atoms with Crippen LogP contribution in [0.15, 0.2) is 47.1 Å². The molecular weight excluding hydrogens is 536 g/mol. The monoisotopic (exact) mass is 586 g/mol. The lowest BCUT2D eigenvalue weighted by atomic mass is 9.70. The molecule has 0 aromatic carbocycles. The molecule has 3 fully saturated rings. The van der Waals surface area contributed by atoms with E-state index in [2.05, 4.69) is 20.8 Å². The van der Waals surface area contributed by atoms with Crippen LogP contribution in [-0.2, 0) is 28.5 Å². The lowest BCUT2D eigenvalue weighted by molar-refractivity contribution is -0.340. The Balaban J connectivity index is 1.54. The van der Waals surface area contributed by atoms with Crippen molar-refractivity contribution in [3.63, 3.8) is 0 Å². The molecule has 234 valence electrons. The Bertz CT molecular complexity index is 1140. The summed E-state index contributed by atoms with van der Waals surface area (Å²) < 4.78 is 31.6. The molecule has 10 unspecified atom stereocenters. The number of allylic oxidation sites excluding steroid dienone is 2. The smallest absolute Gasteiger partial charge is 0.316 e. The van der Waals surface area contributed by atoms with Crippen molar-refractivity contribution in [1.29, 1.82) is 0 Å². The first-order chi connectivity index (χ1) is 19.9. The molecule has 8 nitrogen and oxygen atoms in total. The predicted molar refractivity (Wildman–Crippen MR) is 158 cm³/mol. The molecular formula is C34H50O8. The van der Waals surface area contributed by atoms with Gasteiger partial charge in [0, 0.05) is 32.3 Å². The van der Waals surface area contributed by atoms with Crippen LogP contribution in [0, 0.1) is 23.7 Å². The number of carbonyl (C=O) groups is 1. The average molecular weight is 587 g/mol. The summed E-state index contributed by atoms with van der Waals surface area (Å²) in [7, 11) is 1.58. The van der Waals surface area contributed by atoms with Gasteiger partial charge in [-0.1, -0.05) is 58.1 Å². The number of hydrogen-bond donors (Lipinski definition) is 2. The van der Waals surface area contributed by atoms with Crippen LogP contribution >= 0.6 is 0 Å². The third-order valence-electron chi connectivity index (χ3n) is 10.2. The fourth-order valence-electron chi connectivity index (χ4n) is 7.73. The van der Waals surface area contributed by atoms with E-state index in [-0.39, 0.29) is 24.7 Å². The van der Waals surface area contributed by atoms with Crippen LogP contribution in [0.4, 0.5) is 0 Å². The standard InChI is InChI=1S/C34H50O8/c1-19(2)29-22(5)13-14-33(42-29)17-26-16-25(41-33)12-11-21(4)28(35)20(3)9-8-10-24-18-39-31-30(38-7)23(6)15-27(32(36)40-26)34(24,31)37/h8-11,15,19-20,22,25-31,35,37H,12-14,16-18H2,1-7H3/b9-8-,21-11-,24-10-/t20?,22?,25?,26?,27?,28-,29?,30?,31?,33?,34?/m1/s1. The van der Waals surface area contributed by atoms with Crippen molar-refractivity contribution in [3.8, 4) is 0 Å². The molecule has 8 heteroatoms. The third kappa shape index (κ3) is 5.83. The summed E-state index contributed by atoms with van der Waals surface area (Å²) in [6, 6.07) is 0. The normalized spacial score (nSPS) is 48.0. The molecule has 42 heavy (non-hydrogen) atoms. The summed E-state index contributed by atoms with van der Waals surface area (Å²) >= 11 is 0. The minimum absolute atomic E-state index is 0.0400. The third-order valence-corrected chi connectivity index (χ3v) is 10.2. The number of fused-ring (bicyclic) bond motifs is 2. The number of aliphatic hydroxyl groups is 2. The number of carbonyl (C=O) groups excluding carboxylic acids is 1. The largest absolute Gasteiger partial charge is 0.462 e. The second-order valence-electron chi connectivity index (χ2n) is 13.7. The van der Waals surface area contributed by atoms with Crippen molar-refractivity contribution in [2.45, 2.75) is 122 Å². The quantitative estimate of drug-likeness (QED) is 0.352. The first kappa shape index (κ1) is 31.6. The Labute approximate surface area is 250 Å². The molecule has 0 saturated carbocycles. The zero-order chi connectivity index (χ0) is 30.4. The molecule has 0 aromatic heterocycles. The summed E-state index contributed by atoms with van der Waals surface area (Å²) in [4.78, 5) is 14.1. The molecule has 4 aliphatic heterocycles. The van der Waals surface area contributed by atoms with Crippen molar-refractivity contribution >= 4 is 5.97 Å². The van der Waals surface area contributed by atoms with E-state index in [1.807, 2.05) is 39.0 Å². The fourth-order valence-corrected chi connectivity index (χ4v) is 7.73. The van der Waals surface area contributed by atoms with Crippen LogP contribution in [0.25, 0.3) is 0 Å². The van der Waals surface area contributed by atoms with E-state index in [1.165, 1.54) is 0 Å². The lowest BCUT2D eigenvalue weighted by Crippen LogP contribution is -2.58. The van der Waals surface area contributed by atoms with E-state index in [0.29, 0.717) is 36.7 Å². The van der Waals surface area contributed by atoms with Crippen molar-refractivity contribution < 1.29 is 38.7 Å².